The van der Waals surface area contributed by atoms with Crippen molar-refractivity contribution in [2.75, 3.05) is 6.61 Å². The van der Waals surface area contributed by atoms with E-state index in [0.29, 0.717) is 6.42 Å². The molecule has 9 nitrogen and oxygen atoms in total. The van der Waals surface area contributed by atoms with Crippen LogP contribution in [0.5, 0.6) is 0 Å². The zero-order valence-corrected chi connectivity index (χ0v) is 26.2. The van der Waals surface area contributed by atoms with Crippen molar-refractivity contribution in [3.8, 4) is 0 Å². The number of esters is 2. The molecular formula is C22H38Na2O9S. The molecule has 0 aliphatic carbocycles. The minimum atomic E-state index is -5.60. The van der Waals surface area contributed by atoms with Gasteiger partial charge in [0.25, 0.3) is 4.93 Å². The number of carbonyl (C=O) groups excluding carboxylic acids is 3. The molecule has 0 radical (unpaired) electrons. The maximum Gasteiger partial charge on any atom is 1.00 e. The van der Waals surface area contributed by atoms with Crippen molar-refractivity contribution < 1.29 is 101 Å². The average molecular weight is 525 g/mol. The first kappa shape index (κ1) is 39.0. The Labute approximate surface area is 248 Å². The van der Waals surface area contributed by atoms with Gasteiger partial charge in [-0.25, -0.2) is 13.2 Å². The number of hydrogen-bond acceptors (Lipinski definition) is 9. The topological polar surface area (TPSA) is 150 Å². The normalized spacial score (nSPS) is 12.7. The van der Waals surface area contributed by atoms with E-state index in [4.69, 9.17) is 0 Å². The Kier molecular flexibility index (Phi) is 26.0. The van der Waals surface area contributed by atoms with Crippen molar-refractivity contribution >= 4 is 28.0 Å². The molecule has 0 aromatic heterocycles. The first-order valence-electron chi connectivity index (χ1n) is 11.6. The number of carboxylic acids is 1. The van der Waals surface area contributed by atoms with Gasteiger partial charge in [0.05, 0.1) is 0 Å². The van der Waals surface area contributed by atoms with Crippen LogP contribution in [-0.4, -0.2) is 42.4 Å². The summed E-state index contributed by atoms with van der Waals surface area (Å²) in [7, 11) is -5.60. The van der Waals surface area contributed by atoms with E-state index < -0.39 is 46.0 Å². The summed E-state index contributed by atoms with van der Waals surface area (Å²) in [6.07, 6.45) is 12.7. The third-order valence-electron chi connectivity index (χ3n) is 5.16. The summed E-state index contributed by atoms with van der Waals surface area (Å²) in [5.74, 6) is -4.89. The number of carboxylic acid groups (broad SMARTS) is 1. The van der Waals surface area contributed by atoms with Crippen LogP contribution in [0.4, 0.5) is 0 Å². The maximum absolute atomic E-state index is 12.1. The van der Waals surface area contributed by atoms with E-state index >= 15 is 0 Å². The molecular weight excluding hydrogens is 486 g/mol. The van der Waals surface area contributed by atoms with Crippen LogP contribution in [0.2, 0.25) is 0 Å². The fraction of sp³-hybridized carbons (Fsp3) is 0.864. The van der Waals surface area contributed by atoms with E-state index in [9.17, 15) is 32.5 Å². The summed E-state index contributed by atoms with van der Waals surface area (Å²) in [6.45, 7) is 3.01. The molecule has 1 atom stereocenters. The molecule has 0 heterocycles. The Balaban J connectivity index is -0.00000480. The number of carbonyl (C=O) groups is 3. The van der Waals surface area contributed by atoms with Crippen molar-refractivity contribution in [3.63, 3.8) is 0 Å². The summed E-state index contributed by atoms with van der Waals surface area (Å²) in [5.41, 5.74) is 0. The quantitative estimate of drug-likeness (QED) is 0.0532. The Morgan fingerprint density at radius 2 is 1.18 bits per heavy atom. The molecule has 0 fully saturated rings. The summed E-state index contributed by atoms with van der Waals surface area (Å²) in [5, 5.41) is 10.8. The first-order valence-corrected chi connectivity index (χ1v) is 13.1. The Hall–Kier alpha value is 0.480. The average Bonchev–Trinajstić information content (AvgIpc) is 2.69. The molecule has 34 heavy (non-hydrogen) atoms. The second-order valence-electron chi connectivity index (χ2n) is 7.94. The number of hydrogen-bond donors (Lipinski definition) is 0. The van der Waals surface area contributed by atoms with Crippen LogP contribution in [0.3, 0.4) is 0 Å². The SMILES string of the molecule is CCCCCCCCCCCCCCCC(=O)OC(=O)C(CC(=O)[O-])(OCC)S(=O)(=O)[O-].[Na+].[Na+]. The van der Waals surface area contributed by atoms with Crippen molar-refractivity contribution in [2.45, 2.75) is 115 Å². The van der Waals surface area contributed by atoms with Crippen LogP contribution in [-0.2, 0) is 34.0 Å². The van der Waals surface area contributed by atoms with E-state index in [2.05, 4.69) is 16.4 Å². The smallest absolute Gasteiger partial charge is 0.745 e. The molecule has 0 bridgehead atoms. The van der Waals surface area contributed by atoms with E-state index in [1.807, 2.05) is 0 Å². The van der Waals surface area contributed by atoms with Gasteiger partial charge in [0.2, 0.25) is 0 Å². The summed E-state index contributed by atoms with van der Waals surface area (Å²) in [4.78, 5) is 31.5. The largest absolute Gasteiger partial charge is 1.00 e. The second kappa shape index (κ2) is 22.7. The van der Waals surface area contributed by atoms with E-state index in [0.717, 1.165) is 25.7 Å². The Morgan fingerprint density at radius 3 is 1.53 bits per heavy atom. The van der Waals surface area contributed by atoms with Gasteiger partial charge in [0.1, 0.15) is 10.1 Å². The van der Waals surface area contributed by atoms with Crippen LogP contribution in [0.15, 0.2) is 0 Å². The second-order valence-corrected chi connectivity index (χ2v) is 9.51. The minimum absolute atomic E-state index is 0. The minimum Gasteiger partial charge on any atom is -0.745 e. The summed E-state index contributed by atoms with van der Waals surface area (Å²) < 4.78 is 43.6. The zero-order valence-electron chi connectivity index (χ0n) is 21.4. The van der Waals surface area contributed by atoms with Gasteiger partial charge in [0, 0.05) is 25.4 Å². The number of ether oxygens (including phenoxy) is 2. The number of unbranched alkanes of at least 4 members (excludes halogenated alkanes) is 12. The van der Waals surface area contributed by atoms with Crippen molar-refractivity contribution in [1.29, 1.82) is 0 Å². The standard InChI is InChI=1S/C22H40O9S.2Na/c1-3-5-6-7-8-9-10-11-12-13-14-15-16-17-20(25)31-21(26)22(30-4-2,18-19(23)24)32(27,28)29;;/h3-18H2,1-2H3,(H,23,24)(H,27,28,29);;/q;2*+1/p-2. The molecule has 0 amide bonds. The van der Waals surface area contributed by atoms with Gasteiger partial charge in [-0.2, -0.15) is 0 Å². The third-order valence-corrected chi connectivity index (χ3v) is 6.40. The summed E-state index contributed by atoms with van der Waals surface area (Å²) in [6, 6.07) is 0. The molecule has 0 aromatic carbocycles. The molecule has 0 saturated heterocycles. The maximum atomic E-state index is 12.1. The van der Waals surface area contributed by atoms with E-state index in [1.54, 1.807) is 0 Å². The molecule has 188 valence electrons. The van der Waals surface area contributed by atoms with Gasteiger partial charge < -0.3 is 23.9 Å². The Bertz CT molecular complexity index is 671. The van der Waals surface area contributed by atoms with Crippen LogP contribution in [0.1, 0.15) is 110 Å². The molecule has 0 aromatic rings. The van der Waals surface area contributed by atoms with Gasteiger partial charge in [0.15, 0.2) is 0 Å². The van der Waals surface area contributed by atoms with Gasteiger partial charge in [-0.1, -0.05) is 84.0 Å². The van der Waals surface area contributed by atoms with E-state index in [-0.39, 0.29) is 65.5 Å². The fourth-order valence-corrected chi connectivity index (χ4v) is 4.19. The molecule has 0 rings (SSSR count). The molecule has 0 N–H and O–H groups in total. The number of aliphatic carboxylic acids is 1. The van der Waals surface area contributed by atoms with E-state index in [1.165, 1.54) is 58.3 Å². The molecule has 0 saturated carbocycles. The Morgan fingerprint density at radius 1 is 0.765 bits per heavy atom. The predicted octanol–water partition coefficient (Wildman–Crippen LogP) is -3.04. The van der Waals surface area contributed by atoms with Crippen LogP contribution in [0.25, 0.3) is 0 Å². The van der Waals surface area contributed by atoms with Gasteiger partial charge in [-0.05, 0) is 13.3 Å². The van der Waals surface area contributed by atoms with Crippen LogP contribution in [0, 0.1) is 0 Å². The zero-order chi connectivity index (χ0) is 24.5. The fourth-order valence-electron chi connectivity index (χ4n) is 3.39. The van der Waals surface area contributed by atoms with Gasteiger partial charge in [-0.3, -0.25) is 4.79 Å². The third kappa shape index (κ3) is 17.0. The monoisotopic (exact) mass is 524 g/mol. The molecule has 0 aliphatic rings. The van der Waals surface area contributed by atoms with Crippen molar-refractivity contribution in [3.05, 3.63) is 0 Å². The van der Waals surface area contributed by atoms with Gasteiger partial charge >= 0.3 is 71.1 Å². The molecule has 0 spiro atoms. The van der Waals surface area contributed by atoms with Crippen LogP contribution >= 0.6 is 0 Å². The van der Waals surface area contributed by atoms with Crippen LogP contribution < -0.4 is 64.2 Å². The van der Waals surface area contributed by atoms with Crippen molar-refractivity contribution in [2.24, 2.45) is 0 Å². The number of rotatable bonds is 20. The molecule has 0 aliphatic heterocycles. The molecule has 12 heteroatoms. The molecule has 1 unspecified atom stereocenters. The van der Waals surface area contributed by atoms with Crippen molar-refractivity contribution in [1.82, 2.24) is 0 Å². The van der Waals surface area contributed by atoms with Gasteiger partial charge in [-0.15, -0.1) is 0 Å². The first-order chi connectivity index (χ1) is 15.1. The predicted molar refractivity (Wildman–Crippen MR) is 115 cm³/mol. The summed E-state index contributed by atoms with van der Waals surface area (Å²) >= 11 is 0.